The van der Waals surface area contributed by atoms with Gasteiger partial charge in [-0.1, -0.05) is 32.9 Å². The Morgan fingerprint density at radius 3 is 2.53 bits per heavy atom. The van der Waals surface area contributed by atoms with Crippen LogP contribution in [0.4, 0.5) is 5.69 Å². The molecule has 0 fully saturated rings. The second-order valence-corrected chi connectivity index (χ2v) is 5.91. The molecule has 3 N–H and O–H groups in total. The average molecular weight is 265 g/mol. The van der Waals surface area contributed by atoms with Gasteiger partial charge < -0.3 is 15.5 Å². The van der Waals surface area contributed by atoms with Crippen molar-refractivity contribution in [3.05, 3.63) is 29.3 Å². The Labute approximate surface area is 114 Å². The molecule has 106 valence electrons. The van der Waals surface area contributed by atoms with Crippen LogP contribution >= 0.6 is 0 Å². The lowest BCUT2D eigenvalue weighted by atomic mass is 9.86. The molecular weight excluding hydrogens is 242 g/mol. The van der Waals surface area contributed by atoms with Crippen LogP contribution in [-0.2, 0) is 10.2 Å². The predicted octanol–water partition coefficient (Wildman–Crippen LogP) is 2.54. The van der Waals surface area contributed by atoms with Gasteiger partial charge in [0, 0.05) is 12.2 Å². The molecule has 1 aromatic rings. The summed E-state index contributed by atoms with van der Waals surface area (Å²) in [6.07, 6.45) is -1.12. The number of nitrogens with one attached hydrogen (secondary N) is 1. The summed E-state index contributed by atoms with van der Waals surface area (Å²) in [4.78, 5) is 10.5. The lowest BCUT2D eigenvalue weighted by molar-refractivity contribution is -0.138. The number of anilines is 1. The number of carboxylic acid groups (broad SMARTS) is 1. The molecule has 0 bridgehead atoms. The maximum atomic E-state index is 10.5. The van der Waals surface area contributed by atoms with E-state index in [1.807, 2.05) is 13.0 Å². The van der Waals surface area contributed by atoms with Crippen molar-refractivity contribution >= 4 is 11.7 Å². The van der Waals surface area contributed by atoms with Crippen LogP contribution in [0.2, 0.25) is 0 Å². The largest absolute Gasteiger partial charge is 0.481 e. The minimum Gasteiger partial charge on any atom is -0.481 e. The molecule has 4 nitrogen and oxygen atoms in total. The topological polar surface area (TPSA) is 69.6 Å². The maximum Gasteiger partial charge on any atom is 0.306 e. The van der Waals surface area contributed by atoms with Crippen molar-refractivity contribution in [2.75, 3.05) is 11.9 Å². The second kappa shape index (κ2) is 6.06. The summed E-state index contributed by atoms with van der Waals surface area (Å²) >= 11 is 0. The van der Waals surface area contributed by atoms with E-state index in [9.17, 15) is 9.90 Å². The smallest absolute Gasteiger partial charge is 0.306 e. The summed E-state index contributed by atoms with van der Waals surface area (Å²) in [6, 6.07) is 6.18. The van der Waals surface area contributed by atoms with Gasteiger partial charge in [0.1, 0.15) is 0 Å². The number of aryl methyl sites for hydroxylation is 1. The number of hydrogen-bond donors (Lipinski definition) is 3. The Balaban J connectivity index is 2.75. The molecule has 0 saturated heterocycles. The van der Waals surface area contributed by atoms with Gasteiger partial charge in [-0.3, -0.25) is 4.79 Å². The first kappa shape index (κ1) is 15.5. The van der Waals surface area contributed by atoms with Gasteiger partial charge in [-0.15, -0.1) is 0 Å². The van der Waals surface area contributed by atoms with Crippen LogP contribution in [0.15, 0.2) is 18.2 Å². The molecule has 0 aliphatic rings. The highest BCUT2D eigenvalue weighted by Crippen LogP contribution is 2.26. The summed E-state index contributed by atoms with van der Waals surface area (Å²) in [7, 11) is 0. The molecule has 19 heavy (non-hydrogen) atoms. The third kappa shape index (κ3) is 4.91. The molecule has 0 spiro atoms. The zero-order chi connectivity index (χ0) is 14.6. The normalized spacial score (nSPS) is 13.1. The van der Waals surface area contributed by atoms with Crippen LogP contribution in [0.3, 0.4) is 0 Å². The van der Waals surface area contributed by atoms with Gasteiger partial charge in [-0.2, -0.15) is 0 Å². The average Bonchev–Trinajstić information content (AvgIpc) is 2.25. The van der Waals surface area contributed by atoms with Crippen LogP contribution in [-0.4, -0.2) is 28.8 Å². The number of hydrogen-bond acceptors (Lipinski definition) is 3. The maximum absolute atomic E-state index is 10.5. The van der Waals surface area contributed by atoms with Gasteiger partial charge in [0.15, 0.2) is 0 Å². The molecule has 0 amide bonds. The van der Waals surface area contributed by atoms with Crippen LogP contribution < -0.4 is 5.32 Å². The third-order valence-electron chi connectivity index (χ3n) is 3.04. The number of aliphatic hydroxyl groups is 1. The lowest BCUT2D eigenvalue weighted by Gasteiger charge is -2.21. The Hall–Kier alpha value is -1.55. The Morgan fingerprint density at radius 2 is 2.00 bits per heavy atom. The van der Waals surface area contributed by atoms with E-state index in [0.717, 1.165) is 11.3 Å². The number of carbonyl (C=O) groups is 1. The van der Waals surface area contributed by atoms with Crippen molar-refractivity contribution in [3.63, 3.8) is 0 Å². The molecule has 0 aliphatic carbocycles. The summed E-state index contributed by atoms with van der Waals surface area (Å²) in [5.41, 5.74) is 3.28. The number of rotatable bonds is 5. The van der Waals surface area contributed by atoms with Gasteiger partial charge in [0.2, 0.25) is 0 Å². The summed E-state index contributed by atoms with van der Waals surface area (Å²) in [5.74, 6) is -0.991. The fourth-order valence-electron chi connectivity index (χ4n) is 1.78. The Kier molecular flexibility index (Phi) is 4.95. The summed E-state index contributed by atoms with van der Waals surface area (Å²) < 4.78 is 0. The molecule has 0 heterocycles. The minimum absolute atomic E-state index is 0.0593. The summed E-state index contributed by atoms with van der Waals surface area (Å²) in [5, 5.41) is 21.3. The lowest BCUT2D eigenvalue weighted by Crippen LogP contribution is -2.23. The highest BCUT2D eigenvalue weighted by molar-refractivity contribution is 5.67. The first-order chi connectivity index (χ1) is 8.70. The number of benzene rings is 1. The zero-order valence-electron chi connectivity index (χ0n) is 12.0. The zero-order valence-corrected chi connectivity index (χ0v) is 12.0. The first-order valence-corrected chi connectivity index (χ1v) is 6.45. The fraction of sp³-hybridized carbons (Fsp3) is 0.533. The van der Waals surface area contributed by atoms with Crippen molar-refractivity contribution in [2.45, 2.75) is 45.6 Å². The SMILES string of the molecule is Cc1ccc(C(C)(C)C)cc1NCC(O)CC(=O)O. The van der Waals surface area contributed by atoms with E-state index in [2.05, 4.69) is 38.2 Å². The third-order valence-corrected chi connectivity index (χ3v) is 3.04. The standard InChI is InChI=1S/C15H23NO3/c1-10-5-6-11(15(2,3)4)7-13(10)16-9-12(17)8-14(18)19/h5-7,12,16-17H,8-9H2,1-4H3,(H,18,19). The van der Waals surface area contributed by atoms with Crippen LogP contribution in [0.25, 0.3) is 0 Å². The molecule has 0 aliphatic heterocycles. The molecular formula is C15H23NO3. The molecule has 0 aromatic heterocycles. The first-order valence-electron chi connectivity index (χ1n) is 6.45. The van der Waals surface area contributed by atoms with Gasteiger partial charge in [-0.25, -0.2) is 0 Å². The van der Waals surface area contributed by atoms with E-state index < -0.39 is 12.1 Å². The van der Waals surface area contributed by atoms with Crippen molar-refractivity contribution in [2.24, 2.45) is 0 Å². The van der Waals surface area contributed by atoms with Crippen LogP contribution in [0.5, 0.6) is 0 Å². The number of aliphatic hydroxyl groups excluding tert-OH is 1. The quantitative estimate of drug-likeness (QED) is 0.765. The van der Waals surface area contributed by atoms with E-state index in [4.69, 9.17) is 5.11 Å². The molecule has 1 rings (SSSR count). The van der Waals surface area contributed by atoms with E-state index in [1.54, 1.807) is 0 Å². The van der Waals surface area contributed by atoms with E-state index in [0.29, 0.717) is 0 Å². The van der Waals surface area contributed by atoms with Gasteiger partial charge in [-0.05, 0) is 29.5 Å². The fourth-order valence-corrected chi connectivity index (χ4v) is 1.78. The highest BCUT2D eigenvalue weighted by atomic mass is 16.4. The number of carboxylic acids is 1. The van der Waals surface area contributed by atoms with E-state index >= 15 is 0 Å². The minimum atomic E-state index is -0.991. The second-order valence-electron chi connectivity index (χ2n) is 5.91. The van der Waals surface area contributed by atoms with Crippen LogP contribution in [0, 0.1) is 6.92 Å². The van der Waals surface area contributed by atoms with Crippen molar-refractivity contribution in [1.82, 2.24) is 0 Å². The van der Waals surface area contributed by atoms with Crippen molar-refractivity contribution in [3.8, 4) is 0 Å². The monoisotopic (exact) mass is 265 g/mol. The van der Waals surface area contributed by atoms with Crippen LogP contribution in [0.1, 0.15) is 38.3 Å². The van der Waals surface area contributed by atoms with Crippen molar-refractivity contribution < 1.29 is 15.0 Å². The molecule has 1 aromatic carbocycles. The predicted molar refractivity (Wildman–Crippen MR) is 76.6 cm³/mol. The summed E-state index contributed by atoms with van der Waals surface area (Å²) in [6.45, 7) is 8.64. The Bertz CT molecular complexity index is 449. The molecule has 0 radical (unpaired) electrons. The van der Waals surface area contributed by atoms with E-state index in [1.165, 1.54) is 5.56 Å². The molecule has 1 unspecified atom stereocenters. The molecule has 4 heteroatoms. The molecule has 1 atom stereocenters. The number of aliphatic carboxylic acids is 1. The van der Waals surface area contributed by atoms with Crippen molar-refractivity contribution in [1.29, 1.82) is 0 Å². The van der Waals surface area contributed by atoms with E-state index in [-0.39, 0.29) is 18.4 Å². The van der Waals surface area contributed by atoms with Gasteiger partial charge in [0.05, 0.1) is 12.5 Å². The highest BCUT2D eigenvalue weighted by Gasteiger charge is 2.15. The Morgan fingerprint density at radius 1 is 1.37 bits per heavy atom. The van der Waals surface area contributed by atoms with Gasteiger partial charge >= 0.3 is 5.97 Å². The molecule has 0 saturated carbocycles. The van der Waals surface area contributed by atoms with Gasteiger partial charge in [0.25, 0.3) is 0 Å².